The van der Waals surface area contributed by atoms with E-state index < -0.39 is 0 Å². The summed E-state index contributed by atoms with van der Waals surface area (Å²) in [6.07, 6.45) is 1.90. The monoisotopic (exact) mass is 251 g/mol. The van der Waals surface area contributed by atoms with Crippen molar-refractivity contribution in [1.82, 2.24) is 5.32 Å². The van der Waals surface area contributed by atoms with Gasteiger partial charge in [0.15, 0.2) is 0 Å². The van der Waals surface area contributed by atoms with E-state index in [1.54, 1.807) is 0 Å². The molecule has 0 unspecified atom stereocenters. The van der Waals surface area contributed by atoms with E-state index in [1.807, 2.05) is 0 Å². The third-order valence-corrected chi connectivity index (χ3v) is 3.06. The fourth-order valence-electron chi connectivity index (χ4n) is 2.02. The molecule has 3 N–H and O–H groups in total. The van der Waals surface area contributed by atoms with Crippen LogP contribution in [0.1, 0.15) is 23.2 Å². The lowest BCUT2D eigenvalue weighted by molar-refractivity contribution is 0.0642. The number of carbonyl (C=O) groups is 1. The first-order chi connectivity index (χ1) is 8.65. The SMILES string of the molecule is O=C(NCC1CCOCC1)c1cc(O)cc(O)c1. The van der Waals surface area contributed by atoms with Crippen molar-refractivity contribution in [3.8, 4) is 11.5 Å². The van der Waals surface area contributed by atoms with Crippen LogP contribution in [0.3, 0.4) is 0 Å². The van der Waals surface area contributed by atoms with Crippen molar-refractivity contribution in [3.05, 3.63) is 23.8 Å². The summed E-state index contributed by atoms with van der Waals surface area (Å²) in [5.41, 5.74) is 0.263. The van der Waals surface area contributed by atoms with Gasteiger partial charge in [0.05, 0.1) is 0 Å². The number of amides is 1. The van der Waals surface area contributed by atoms with Crippen molar-refractivity contribution in [2.24, 2.45) is 5.92 Å². The van der Waals surface area contributed by atoms with Crippen molar-refractivity contribution in [3.63, 3.8) is 0 Å². The van der Waals surface area contributed by atoms with Gasteiger partial charge in [-0.2, -0.15) is 0 Å². The molecule has 0 radical (unpaired) electrons. The molecule has 0 aliphatic carbocycles. The minimum atomic E-state index is -0.285. The minimum Gasteiger partial charge on any atom is -0.508 e. The maximum absolute atomic E-state index is 11.8. The Morgan fingerprint density at radius 2 is 1.83 bits per heavy atom. The van der Waals surface area contributed by atoms with Crippen molar-refractivity contribution in [2.45, 2.75) is 12.8 Å². The third-order valence-electron chi connectivity index (χ3n) is 3.06. The molecular weight excluding hydrogens is 234 g/mol. The van der Waals surface area contributed by atoms with Crippen LogP contribution in [0.15, 0.2) is 18.2 Å². The predicted molar refractivity (Wildman–Crippen MR) is 65.6 cm³/mol. The van der Waals surface area contributed by atoms with Gasteiger partial charge in [0.25, 0.3) is 5.91 Å². The molecule has 5 heteroatoms. The molecule has 1 aliphatic rings. The molecule has 0 atom stereocenters. The topological polar surface area (TPSA) is 78.8 Å². The van der Waals surface area contributed by atoms with Crippen molar-refractivity contribution >= 4 is 5.91 Å². The van der Waals surface area contributed by atoms with E-state index in [1.165, 1.54) is 18.2 Å². The second-order valence-corrected chi connectivity index (χ2v) is 4.50. The van der Waals surface area contributed by atoms with Crippen LogP contribution < -0.4 is 5.32 Å². The van der Waals surface area contributed by atoms with Crippen LogP contribution in [0.5, 0.6) is 11.5 Å². The molecule has 0 saturated carbocycles. The van der Waals surface area contributed by atoms with Gasteiger partial charge in [0.1, 0.15) is 11.5 Å². The zero-order chi connectivity index (χ0) is 13.0. The van der Waals surface area contributed by atoms with Gasteiger partial charge in [-0.25, -0.2) is 0 Å². The predicted octanol–water partition coefficient (Wildman–Crippen LogP) is 1.25. The van der Waals surface area contributed by atoms with E-state index >= 15 is 0 Å². The minimum absolute atomic E-state index is 0.119. The lowest BCUT2D eigenvalue weighted by atomic mass is 10.0. The number of nitrogens with one attached hydrogen (secondary N) is 1. The van der Waals surface area contributed by atoms with Gasteiger partial charge in [-0.15, -0.1) is 0 Å². The Kier molecular flexibility index (Phi) is 4.04. The highest BCUT2D eigenvalue weighted by Crippen LogP contribution is 2.20. The first-order valence-corrected chi connectivity index (χ1v) is 6.04. The lowest BCUT2D eigenvalue weighted by Gasteiger charge is -2.22. The number of ether oxygens (including phenoxy) is 1. The smallest absolute Gasteiger partial charge is 0.251 e. The van der Waals surface area contributed by atoms with Gasteiger partial charge in [0.2, 0.25) is 0 Å². The van der Waals surface area contributed by atoms with Crippen molar-refractivity contribution in [2.75, 3.05) is 19.8 Å². The number of benzene rings is 1. The summed E-state index contributed by atoms with van der Waals surface area (Å²) < 4.78 is 5.24. The lowest BCUT2D eigenvalue weighted by Crippen LogP contribution is -2.32. The summed E-state index contributed by atoms with van der Waals surface area (Å²) in [5, 5.41) is 21.4. The van der Waals surface area contributed by atoms with Crippen LogP contribution in [-0.4, -0.2) is 35.9 Å². The molecule has 1 fully saturated rings. The summed E-state index contributed by atoms with van der Waals surface area (Å²) in [6.45, 7) is 2.08. The van der Waals surface area contributed by atoms with Crippen molar-refractivity contribution in [1.29, 1.82) is 0 Å². The van der Waals surface area contributed by atoms with Crippen molar-refractivity contribution < 1.29 is 19.7 Å². The first-order valence-electron chi connectivity index (χ1n) is 6.04. The number of carbonyl (C=O) groups excluding carboxylic acids is 1. The molecule has 5 nitrogen and oxygen atoms in total. The highest BCUT2D eigenvalue weighted by atomic mass is 16.5. The fraction of sp³-hybridized carbons (Fsp3) is 0.462. The van der Waals surface area contributed by atoms with Gasteiger partial charge < -0.3 is 20.3 Å². The maximum Gasteiger partial charge on any atom is 0.251 e. The Morgan fingerprint density at radius 3 is 2.44 bits per heavy atom. The molecule has 1 amide bonds. The number of hydrogen-bond donors (Lipinski definition) is 3. The number of phenols is 2. The molecule has 1 heterocycles. The fourth-order valence-corrected chi connectivity index (χ4v) is 2.02. The van der Waals surface area contributed by atoms with E-state index in [0.717, 1.165) is 26.1 Å². The van der Waals surface area contributed by atoms with Gasteiger partial charge in [-0.3, -0.25) is 4.79 Å². The summed E-state index contributed by atoms with van der Waals surface area (Å²) in [7, 11) is 0. The van der Waals surface area contributed by atoms with E-state index in [9.17, 15) is 15.0 Å². The van der Waals surface area contributed by atoms with Crippen LogP contribution in [0.4, 0.5) is 0 Å². The average Bonchev–Trinajstić information content (AvgIpc) is 2.36. The number of hydrogen-bond acceptors (Lipinski definition) is 4. The summed E-state index contributed by atoms with van der Waals surface area (Å²) in [6, 6.07) is 3.85. The molecule has 1 aromatic rings. The van der Waals surface area contributed by atoms with Gasteiger partial charge in [-0.05, 0) is 30.9 Å². The van der Waals surface area contributed by atoms with E-state index in [-0.39, 0.29) is 23.0 Å². The highest BCUT2D eigenvalue weighted by Gasteiger charge is 2.15. The van der Waals surface area contributed by atoms with Crippen LogP contribution in [0.2, 0.25) is 0 Å². The van der Waals surface area contributed by atoms with Crippen LogP contribution in [0.25, 0.3) is 0 Å². The molecular formula is C13H17NO4. The molecule has 2 rings (SSSR count). The molecule has 1 aliphatic heterocycles. The Bertz CT molecular complexity index is 407. The summed E-state index contributed by atoms with van der Waals surface area (Å²) in [4.78, 5) is 11.8. The molecule has 1 aromatic carbocycles. The average molecular weight is 251 g/mol. The zero-order valence-electron chi connectivity index (χ0n) is 10.1. The zero-order valence-corrected chi connectivity index (χ0v) is 10.1. The Balaban J connectivity index is 1.90. The highest BCUT2D eigenvalue weighted by molar-refractivity contribution is 5.95. The third kappa shape index (κ3) is 3.37. The normalized spacial score (nSPS) is 16.4. The van der Waals surface area contributed by atoms with E-state index in [0.29, 0.717) is 12.5 Å². The van der Waals surface area contributed by atoms with Gasteiger partial charge in [-0.1, -0.05) is 0 Å². The van der Waals surface area contributed by atoms with E-state index in [2.05, 4.69) is 5.32 Å². The van der Waals surface area contributed by atoms with Crippen LogP contribution in [-0.2, 0) is 4.74 Å². The first kappa shape index (κ1) is 12.7. The molecule has 98 valence electrons. The van der Waals surface area contributed by atoms with Crippen LogP contribution in [0, 0.1) is 5.92 Å². The summed E-state index contributed by atoms with van der Waals surface area (Å²) >= 11 is 0. The van der Waals surface area contributed by atoms with Gasteiger partial charge >= 0.3 is 0 Å². The molecule has 0 spiro atoms. The Morgan fingerprint density at radius 1 is 1.22 bits per heavy atom. The second kappa shape index (κ2) is 5.73. The quantitative estimate of drug-likeness (QED) is 0.755. The number of aromatic hydroxyl groups is 2. The maximum atomic E-state index is 11.8. The molecule has 0 bridgehead atoms. The Hall–Kier alpha value is -1.75. The second-order valence-electron chi connectivity index (χ2n) is 4.50. The van der Waals surface area contributed by atoms with Crippen LogP contribution >= 0.6 is 0 Å². The number of phenolic OH excluding ortho intramolecular Hbond substituents is 2. The molecule has 1 saturated heterocycles. The largest absolute Gasteiger partial charge is 0.508 e. The number of rotatable bonds is 3. The molecule has 0 aromatic heterocycles. The summed E-state index contributed by atoms with van der Waals surface area (Å²) in [5.74, 6) is -0.0845. The Labute approximate surface area is 105 Å². The van der Waals surface area contributed by atoms with Gasteiger partial charge in [0, 0.05) is 31.4 Å². The molecule has 18 heavy (non-hydrogen) atoms. The van der Waals surface area contributed by atoms with E-state index in [4.69, 9.17) is 4.74 Å². The standard InChI is InChI=1S/C13H17NO4/c15-11-5-10(6-12(16)7-11)13(17)14-8-9-1-3-18-4-2-9/h5-7,9,15-16H,1-4,8H2,(H,14,17).